The second-order valence-corrected chi connectivity index (χ2v) is 7.65. The van der Waals surface area contributed by atoms with Gasteiger partial charge in [-0.3, -0.25) is 19.7 Å². The summed E-state index contributed by atoms with van der Waals surface area (Å²) in [7, 11) is 0. The van der Waals surface area contributed by atoms with Gasteiger partial charge in [-0.2, -0.15) is 0 Å². The van der Waals surface area contributed by atoms with Crippen LogP contribution in [0.4, 0.5) is 5.69 Å². The third-order valence-corrected chi connectivity index (χ3v) is 5.20. The largest absolute Gasteiger partial charge is 0.418 e. The molecule has 1 aliphatic carbocycles. The van der Waals surface area contributed by atoms with Crippen molar-refractivity contribution >= 4 is 23.2 Å². The smallest absolute Gasteiger partial charge is 0.350 e. The molecule has 1 aromatic rings. The molecule has 1 aromatic carbocycles. The number of carbonyl (C=O) groups excluding carboxylic acids is 3. The number of nitrogens with zero attached hydrogens (tertiary/aromatic N) is 1. The van der Waals surface area contributed by atoms with Gasteiger partial charge in [0.15, 0.2) is 11.5 Å². The summed E-state index contributed by atoms with van der Waals surface area (Å²) in [5.74, 6) is -2.42. The maximum Gasteiger partial charge on any atom is 0.350 e. The Morgan fingerprint density at radius 2 is 1.52 bits per heavy atom. The van der Waals surface area contributed by atoms with Crippen molar-refractivity contribution in [3.8, 4) is 0 Å². The monoisotopic (exact) mass is 427 g/mol. The van der Waals surface area contributed by atoms with Crippen LogP contribution in [0.5, 0.6) is 0 Å². The van der Waals surface area contributed by atoms with Gasteiger partial charge in [0.25, 0.3) is 5.69 Å². The van der Waals surface area contributed by atoms with Crippen LogP contribution in [-0.4, -0.2) is 22.5 Å². The summed E-state index contributed by atoms with van der Waals surface area (Å²) in [6, 6.07) is 5.28. The van der Waals surface area contributed by atoms with Crippen molar-refractivity contribution in [2.24, 2.45) is 0 Å². The summed E-state index contributed by atoms with van der Waals surface area (Å²) in [6.45, 7) is 2.20. The molecule has 7 nitrogen and oxygen atoms in total. The molecule has 31 heavy (non-hydrogen) atoms. The Labute approximate surface area is 182 Å². The molecule has 0 aliphatic heterocycles. The lowest BCUT2D eigenvalue weighted by atomic mass is 9.96. The third-order valence-electron chi connectivity index (χ3n) is 5.20. The molecule has 0 amide bonds. The lowest BCUT2D eigenvalue weighted by Crippen LogP contribution is -2.18. The van der Waals surface area contributed by atoms with E-state index in [0.29, 0.717) is 12.0 Å². The normalized spacial score (nSPS) is 13.6. The Hall–Kier alpha value is -3.09. The number of nitro groups is 1. The van der Waals surface area contributed by atoms with Crippen LogP contribution in [0.1, 0.15) is 81.5 Å². The van der Waals surface area contributed by atoms with Gasteiger partial charge < -0.3 is 4.74 Å². The number of allylic oxidation sites excluding steroid dienone is 3. The molecule has 0 fully saturated rings. The molecule has 1 aliphatic rings. The molecule has 0 heterocycles. The molecule has 0 unspecified atom stereocenters. The van der Waals surface area contributed by atoms with E-state index in [9.17, 15) is 24.5 Å². The molecule has 0 radical (unpaired) electrons. The van der Waals surface area contributed by atoms with Crippen molar-refractivity contribution in [3.63, 3.8) is 0 Å². The zero-order valence-electron chi connectivity index (χ0n) is 17.9. The summed E-state index contributed by atoms with van der Waals surface area (Å²) in [4.78, 5) is 47.2. The molecule has 0 atom stereocenters. The van der Waals surface area contributed by atoms with Crippen LogP contribution >= 0.6 is 0 Å². The molecule has 7 heteroatoms. The molecular weight excluding hydrogens is 398 g/mol. The van der Waals surface area contributed by atoms with Gasteiger partial charge in [0.2, 0.25) is 5.78 Å². The van der Waals surface area contributed by atoms with Crippen molar-refractivity contribution in [3.05, 3.63) is 63.4 Å². The number of esters is 1. The summed E-state index contributed by atoms with van der Waals surface area (Å²) in [5, 5.41) is 11.1. The molecule has 0 aromatic heterocycles. The zero-order chi connectivity index (χ0) is 22.6. The minimum atomic E-state index is -1.05. The van der Waals surface area contributed by atoms with Crippen LogP contribution < -0.4 is 0 Å². The van der Waals surface area contributed by atoms with Crippen LogP contribution in [-0.2, 0) is 14.3 Å². The Balaban J connectivity index is 1.82. The SMILES string of the molecule is CCCCCCCCCCCC1=CC(=O)C(OC(=O)c2ccccc2[N+](=O)[O-])=CC1=O. The number of unbranched alkanes of at least 4 members (excludes halogenated alkanes) is 8. The molecule has 0 bridgehead atoms. The standard InChI is InChI=1S/C24H29NO6/c1-2-3-4-5-6-7-8-9-10-13-18-16-22(27)23(17-21(18)26)31-24(28)19-14-11-12-15-20(19)25(29)30/h11-12,14-17H,2-10,13H2,1H3. The van der Waals surface area contributed by atoms with Gasteiger partial charge >= 0.3 is 5.97 Å². The zero-order valence-corrected chi connectivity index (χ0v) is 17.9. The van der Waals surface area contributed by atoms with E-state index in [1.54, 1.807) is 0 Å². The second kappa shape index (κ2) is 12.6. The molecule has 0 saturated carbocycles. The number of hydrogen-bond acceptors (Lipinski definition) is 6. The first-order valence-electron chi connectivity index (χ1n) is 10.9. The fraction of sp³-hybridized carbons (Fsp3) is 0.458. The molecule has 166 valence electrons. The lowest BCUT2D eigenvalue weighted by Gasteiger charge is -2.12. The van der Waals surface area contributed by atoms with Crippen LogP contribution in [0.15, 0.2) is 47.7 Å². The van der Waals surface area contributed by atoms with E-state index in [4.69, 9.17) is 4.74 Å². The minimum absolute atomic E-state index is 0.280. The van der Waals surface area contributed by atoms with E-state index in [1.807, 2.05) is 0 Å². The molecule has 0 saturated heterocycles. The van der Waals surface area contributed by atoms with Crippen molar-refractivity contribution in [1.29, 1.82) is 0 Å². The van der Waals surface area contributed by atoms with Gasteiger partial charge in [0, 0.05) is 17.7 Å². The summed E-state index contributed by atoms with van der Waals surface area (Å²) >= 11 is 0. The number of para-hydroxylation sites is 1. The van der Waals surface area contributed by atoms with Crippen LogP contribution in [0.3, 0.4) is 0 Å². The highest BCUT2D eigenvalue weighted by Crippen LogP contribution is 2.23. The van der Waals surface area contributed by atoms with Gasteiger partial charge in [-0.15, -0.1) is 0 Å². The fourth-order valence-electron chi connectivity index (χ4n) is 3.44. The Morgan fingerprint density at radius 3 is 2.16 bits per heavy atom. The van der Waals surface area contributed by atoms with Gasteiger partial charge in [0.05, 0.1) is 4.92 Å². The maximum absolute atomic E-state index is 12.3. The predicted molar refractivity (Wildman–Crippen MR) is 117 cm³/mol. The maximum atomic E-state index is 12.3. The Kier molecular flexibility index (Phi) is 9.81. The average molecular weight is 427 g/mol. The Morgan fingerprint density at radius 1 is 0.903 bits per heavy atom. The number of rotatable bonds is 13. The lowest BCUT2D eigenvalue weighted by molar-refractivity contribution is -0.385. The number of ketones is 2. The van der Waals surface area contributed by atoms with E-state index in [-0.39, 0.29) is 11.3 Å². The van der Waals surface area contributed by atoms with Gasteiger partial charge in [-0.1, -0.05) is 70.4 Å². The Bertz CT molecular complexity index is 884. The number of carbonyl (C=O) groups is 3. The molecule has 2 rings (SSSR count). The van der Waals surface area contributed by atoms with Crippen LogP contribution in [0, 0.1) is 10.1 Å². The number of benzene rings is 1. The topological polar surface area (TPSA) is 104 Å². The molecule has 0 spiro atoms. The summed E-state index contributed by atoms with van der Waals surface area (Å²) in [5.41, 5.74) is -0.305. The quantitative estimate of drug-likeness (QED) is 0.133. The third kappa shape index (κ3) is 7.59. The summed E-state index contributed by atoms with van der Waals surface area (Å²) in [6.07, 6.45) is 13.1. The van der Waals surface area contributed by atoms with E-state index in [1.165, 1.54) is 68.9 Å². The first-order valence-corrected chi connectivity index (χ1v) is 10.9. The van der Waals surface area contributed by atoms with Crippen LogP contribution in [0.2, 0.25) is 0 Å². The highest BCUT2D eigenvalue weighted by Gasteiger charge is 2.27. The van der Waals surface area contributed by atoms with Crippen molar-refractivity contribution in [2.75, 3.05) is 0 Å². The number of nitro benzene ring substituents is 1. The van der Waals surface area contributed by atoms with Crippen LogP contribution in [0.25, 0.3) is 0 Å². The second-order valence-electron chi connectivity index (χ2n) is 7.65. The van der Waals surface area contributed by atoms with E-state index >= 15 is 0 Å². The first-order chi connectivity index (χ1) is 14.9. The van der Waals surface area contributed by atoms with E-state index in [2.05, 4.69) is 6.92 Å². The van der Waals surface area contributed by atoms with Crippen molar-refractivity contribution < 1.29 is 24.0 Å². The predicted octanol–water partition coefficient (Wildman–Crippen LogP) is 5.63. The van der Waals surface area contributed by atoms with Gasteiger partial charge in [-0.05, 0) is 25.0 Å². The fourth-order valence-corrected chi connectivity index (χ4v) is 3.44. The van der Waals surface area contributed by atoms with Crippen molar-refractivity contribution in [1.82, 2.24) is 0 Å². The highest BCUT2D eigenvalue weighted by molar-refractivity contribution is 6.20. The average Bonchev–Trinajstić information content (AvgIpc) is 2.75. The van der Waals surface area contributed by atoms with E-state index in [0.717, 1.165) is 25.3 Å². The molecular formula is C24H29NO6. The van der Waals surface area contributed by atoms with Crippen molar-refractivity contribution in [2.45, 2.75) is 71.1 Å². The highest BCUT2D eigenvalue weighted by atomic mass is 16.6. The number of hydrogen-bond donors (Lipinski definition) is 0. The first kappa shape index (κ1) is 24.2. The summed E-state index contributed by atoms with van der Waals surface area (Å²) < 4.78 is 5.00. The molecule has 0 N–H and O–H groups in total. The van der Waals surface area contributed by atoms with Gasteiger partial charge in [0.1, 0.15) is 5.56 Å². The minimum Gasteiger partial charge on any atom is -0.418 e. The number of ether oxygens (including phenoxy) is 1. The van der Waals surface area contributed by atoms with Gasteiger partial charge in [-0.25, -0.2) is 4.79 Å². The van der Waals surface area contributed by atoms with E-state index < -0.39 is 28.1 Å².